The van der Waals surface area contributed by atoms with Crippen LogP contribution in [0.15, 0.2) is 6.07 Å². The monoisotopic (exact) mass is 357 g/mol. The molecule has 130 valence electrons. The third-order valence-corrected chi connectivity index (χ3v) is 5.41. The van der Waals surface area contributed by atoms with Crippen LogP contribution in [0, 0.1) is 12.8 Å². The predicted molar refractivity (Wildman–Crippen MR) is 88.1 cm³/mol. The molecule has 0 bridgehead atoms. The van der Waals surface area contributed by atoms with E-state index in [0.717, 1.165) is 30.2 Å². The SMILES string of the molecule is Cc1cc(C(F)(F)F)nc2sc(C(=O)N3CCC[C@H](C)C3)c(N)c12. The van der Waals surface area contributed by atoms with Gasteiger partial charge < -0.3 is 10.6 Å². The number of hydrogen-bond donors (Lipinski definition) is 1. The van der Waals surface area contributed by atoms with E-state index in [1.165, 1.54) is 0 Å². The molecule has 2 N–H and O–H groups in total. The molecule has 3 rings (SSSR count). The van der Waals surface area contributed by atoms with E-state index in [4.69, 9.17) is 5.73 Å². The van der Waals surface area contributed by atoms with E-state index in [-0.39, 0.29) is 21.3 Å². The van der Waals surface area contributed by atoms with Crippen LogP contribution >= 0.6 is 11.3 Å². The smallest absolute Gasteiger partial charge is 0.397 e. The summed E-state index contributed by atoms with van der Waals surface area (Å²) in [5, 5.41) is 0.446. The number of anilines is 1. The number of carbonyl (C=O) groups is 1. The fourth-order valence-corrected chi connectivity index (χ4v) is 4.27. The summed E-state index contributed by atoms with van der Waals surface area (Å²) >= 11 is 0.944. The van der Waals surface area contributed by atoms with E-state index >= 15 is 0 Å². The Hall–Kier alpha value is -1.83. The molecular weight excluding hydrogens is 339 g/mol. The topological polar surface area (TPSA) is 59.2 Å². The number of aromatic nitrogens is 1. The van der Waals surface area contributed by atoms with Crippen molar-refractivity contribution in [2.75, 3.05) is 18.8 Å². The van der Waals surface area contributed by atoms with Gasteiger partial charge in [-0.2, -0.15) is 13.2 Å². The number of aryl methyl sites for hydroxylation is 1. The fourth-order valence-electron chi connectivity index (χ4n) is 3.13. The Morgan fingerprint density at radius 2 is 2.17 bits per heavy atom. The highest BCUT2D eigenvalue weighted by Gasteiger charge is 2.34. The van der Waals surface area contributed by atoms with Crippen molar-refractivity contribution < 1.29 is 18.0 Å². The van der Waals surface area contributed by atoms with Gasteiger partial charge in [0, 0.05) is 18.5 Å². The van der Waals surface area contributed by atoms with E-state index in [1.807, 2.05) is 0 Å². The molecule has 1 aliphatic heterocycles. The molecule has 0 spiro atoms. The van der Waals surface area contributed by atoms with Gasteiger partial charge in [-0.05, 0) is 37.3 Å². The van der Waals surface area contributed by atoms with Crippen LogP contribution in [0.5, 0.6) is 0 Å². The van der Waals surface area contributed by atoms with E-state index in [0.29, 0.717) is 30.0 Å². The van der Waals surface area contributed by atoms with Crippen molar-refractivity contribution in [2.45, 2.75) is 32.9 Å². The number of nitrogen functional groups attached to an aromatic ring is 1. The van der Waals surface area contributed by atoms with Crippen molar-refractivity contribution in [3.05, 3.63) is 22.2 Å². The van der Waals surface area contributed by atoms with Crippen molar-refractivity contribution in [3.8, 4) is 0 Å². The van der Waals surface area contributed by atoms with E-state index in [9.17, 15) is 18.0 Å². The van der Waals surface area contributed by atoms with E-state index < -0.39 is 11.9 Å². The summed E-state index contributed by atoms with van der Waals surface area (Å²) in [6.07, 6.45) is -2.53. The minimum atomic E-state index is -4.52. The number of hydrogen-bond acceptors (Lipinski definition) is 4. The molecule has 1 saturated heterocycles. The standard InChI is InChI=1S/C16H18F3N3OS/c1-8-4-3-5-22(7-8)15(23)13-12(20)11-9(2)6-10(16(17,18)19)21-14(11)24-13/h6,8H,3-5,7,20H2,1-2H3/t8-/m0/s1. The van der Waals surface area contributed by atoms with Crippen LogP contribution in [-0.2, 0) is 6.18 Å². The number of amides is 1. The van der Waals surface area contributed by atoms with Gasteiger partial charge in [-0.1, -0.05) is 6.92 Å². The van der Waals surface area contributed by atoms with Crippen LogP contribution in [0.3, 0.4) is 0 Å². The minimum Gasteiger partial charge on any atom is -0.397 e. The van der Waals surface area contributed by atoms with Crippen LogP contribution < -0.4 is 5.73 Å². The Balaban J connectivity index is 2.05. The van der Waals surface area contributed by atoms with Crippen molar-refractivity contribution in [3.63, 3.8) is 0 Å². The molecule has 8 heteroatoms. The number of fused-ring (bicyclic) bond motifs is 1. The number of alkyl halides is 3. The maximum atomic E-state index is 12.9. The third kappa shape index (κ3) is 2.94. The van der Waals surface area contributed by atoms with Gasteiger partial charge in [0.05, 0.1) is 5.69 Å². The van der Waals surface area contributed by atoms with Crippen LogP contribution in [0.1, 0.15) is 40.7 Å². The summed E-state index contributed by atoms with van der Waals surface area (Å²) in [5.41, 5.74) is 5.74. The number of nitrogens with two attached hydrogens (primary N) is 1. The molecule has 0 radical (unpaired) electrons. The molecule has 1 atom stereocenters. The lowest BCUT2D eigenvalue weighted by atomic mass is 10.00. The van der Waals surface area contributed by atoms with Crippen LogP contribution in [0.4, 0.5) is 18.9 Å². The van der Waals surface area contributed by atoms with Gasteiger partial charge in [-0.3, -0.25) is 4.79 Å². The molecule has 0 unspecified atom stereocenters. The summed E-state index contributed by atoms with van der Waals surface area (Å²) in [4.78, 5) is 18.6. The Bertz CT molecular complexity index is 800. The first-order valence-corrected chi connectivity index (χ1v) is 8.56. The molecule has 0 aromatic carbocycles. The fraction of sp³-hybridized carbons (Fsp3) is 0.500. The zero-order chi connectivity index (χ0) is 17.6. The molecule has 24 heavy (non-hydrogen) atoms. The minimum absolute atomic E-state index is 0.160. The van der Waals surface area contributed by atoms with Gasteiger partial charge in [0.1, 0.15) is 15.4 Å². The maximum absolute atomic E-state index is 12.9. The van der Waals surface area contributed by atoms with Gasteiger partial charge in [0.15, 0.2) is 0 Å². The number of carbonyl (C=O) groups excluding carboxylic acids is 1. The van der Waals surface area contributed by atoms with Gasteiger partial charge in [0.25, 0.3) is 5.91 Å². The lowest BCUT2D eigenvalue weighted by molar-refractivity contribution is -0.141. The predicted octanol–water partition coefficient (Wildman–Crippen LogP) is 4.08. The molecule has 2 aromatic heterocycles. The summed E-state index contributed by atoms with van der Waals surface area (Å²) in [6, 6.07) is 0.975. The van der Waals surface area contributed by atoms with Crippen molar-refractivity contribution in [2.24, 2.45) is 5.92 Å². The molecular formula is C16H18F3N3OS. The van der Waals surface area contributed by atoms with Crippen molar-refractivity contribution in [1.29, 1.82) is 0 Å². The maximum Gasteiger partial charge on any atom is 0.433 e. The van der Waals surface area contributed by atoms with Crippen LogP contribution in [-0.4, -0.2) is 28.9 Å². The number of rotatable bonds is 1. The van der Waals surface area contributed by atoms with Crippen LogP contribution in [0.2, 0.25) is 0 Å². The quantitative estimate of drug-likeness (QED) is 0.837. The summed E-state index contributed by atoms with van der Waals surface area (Å²) < 4.78 is 38.8. The zero-order valence-corrected chi connectivity index (χ0v) is 14.2. The highest BCUT2D eigenvalue weighted by atomic mass is 32.1. The molecule has 4 nitrogen and oxygen atoms in total. The summed E-state index contributed by atoms with van der Waals surface area (Å²) in [7, 11) is 0. The van der Waals surface area contributed by atoms with E-state index in [2.05, 4.69) is 11.9 Å². The number of likely N-dealkylation sites (tertiary alicyclic amines) is 1. The van der Waals surface area contributed by atoms with Gasteiger partial charge >= 0.3 is 6.18 Å². The second kappa shape index (κ2) is 5.91. The normalized spacial score (nSPS) is 19.0. The average Bonchev–Trinajstić information content (AvgIpc) is 2.83. The van der Waals surface area contributed by atoms with Crippen molar-refractivity contribution in [1.82, 2.24) is 9.88 Å². The lowest BCUT2D eigenvalue weighted by Gasteiger charge is -2.30. The highest BCUT2D eigenvalue weighted by molar-refractivity contribution is 7.21. The molecule has 3 heterocycles. The number of halogens is 3. The van der Waals surface area contributed by atoms with E-state index in [1.54, 1.807) is 11.8 Å². The molecule has 0 saturated carbocycles. The Kier molecular flexibility index (Phi) is 4.19. The Morgan fingerprint density at radius 1 is 1.46 bits per heavy atom. The molecule has 0 aliphatic carbocycles. The number of thiophene rings is 1. The molecule has 1 aliphatic rings. The van der Waals surface area contributed by atoms with Gasteiger partial charge in [0.2, 0.25) is 0 Å². The second-order valence-corrected chi connectivity index (χ2v) is 7.34. The van der Waals surface area contributed by atoms with Gasteiger partial charge in [-0.25, -0.2) is 4.98 Å². The van der Waals surface area contributed by atoms with Crippen molar-refractivity contribution >= 4 is 33.1 Å². The largest absolute Gasteiger partial charge is 0.433 e. The lowest BCUT2D eigenvalue weighted by Crippen LogP contribution is -2.39. The zero-order valence-electron chi connectivity index (χ0n) is 13.4. The summed E-state index contributed by atoms with van der Waals surface area (Å²) in [6.45, 7) is 4.93. The Labute approximate surface area is 141 Å². The van der Waals surface area contributed by atoms with Crippen LogP contribution in [0.25, 0.3) is 10.2 Å². The molecule has 1 amide bonds. The third-order valence-electron chi connectivity index (χ3n) is 4.33. The highest BCUT2D eigenvalue weighted by Crippen LogP contribution is 2.39. The first-order chi connectivity index (χ1) is 11.2. The Morgan fingerprint density at radius 3 is 2.79 bits per heavy atom. The average molecular weight is 357 g/mol. The molecule has 1 fully saturated rings. The van der Waals surface area contributed by atoms with Gasteiger partial charge in [-0.15, -0.1) is 11.3 Å². The molecule has 2 aromatic rings. The number of piperidine rings is 1. The first-order valence-electron chi connectivity index (χ1n) is 7.74. The number of nitrogens with zero attached hydrogens (tertiary/aromatic N) is 2. The number of pyridine rings is 1. The summed E-state index contributed by atoms with van der Waals surface area (Å²) in [5.74, 6) is 0.199. The second-order valence-electron chi connectivity index (χ2n) is 6.35. The first kappa shape index (κ1) is 17.0.